The highest BCUT2D eigenvalue weighted by atomic mass is 35.5. The van der Waals surface area contributed by atoms with Crippen LogP contribution in [0.15, 0.2) is 47.0 Å². The molecule has 1 aliphatic rings. The van der Waals surface area contributed by atoms with Crippen LogP contribution in [0.25, 0.3) is 0 Å². The molecule has 148 valence electrons. The summed E-state index contributed by atoms with van der Waals surface area (Å²) in [6.07, 6.45) is 0. The number of rotatable bonds is 4. The predicted molar refractivity (Wildman–Crippen MR) is 116 cm³/mol. The minimum atomic E-state index is -0.727. The summed E-state index contributed by atoms with van der Waals surface area (Å²) in [5.41, 5.74) is 2.13. The minimum Gasteiger partial charge on any atom is -0.503 e. The number of aromatic nitrogens is 1. The standard InChI is InChI=1S/C21H17ClN2O3S2/c1-10-7-8-28-19(10)16-15(17(25)20-11(2)23-12(3)29-20)18(26)21(27)24(16)14-6-4-5-13(22)9-14/h4-9,16,26H,1-3H3. The molecule has 2 aromatic heterocycles. The molecule has 1 amide bonds. The smallest absolute Gasteiger partial charge is 0.294 e. The number of anilines is 1. The zero-order valence-electron chi connectivity index (χ0n) is 15.9. The molecule has 1 aliphatic heterocycles. The number of aryl methyl sites for hydroxylation is 3. The third-order valence-electron chi connectivity index (χ3n) is 4.80. The van der Waals surface area contributed by atoms with E-state index in [1.165, 1.54) is 27.6 Å². The Morgan fingerprint density at radius 2 is 2.00 bits per heavy atom. The second-order valence-electron chi connectivity index (χ2n) is 6.76. The van der Waals surface area contributed by atoms with Crippen LogP contribution in [0, 0.1) is 20.8 Å². The lowest BCUT2D eigenvalue weighted by molar-refractivity contribution is -0.117. The van der Waals surface area contributed by atoms with E-state index in [1.807, 2.05) is 25.3 Å². The van der Waals surface area contributed by atoms with Gasteiger partial charge in [0, 0.05) is 15.6 Å². The molecule has 0 fully saturated rings. The number of thiophene rings is 1. The Balaban J connectivity index is 1.91. The molecule has 0 bridgehead atoms. The van der Waals surface area contributed by atoms with E-state index in [-0.39, 0.29) is 11.4 Å². The van der Waals surface area contributed by atoms with E-state index in [0.29, 0.717) is 21.3 Å². The fourth-order valence-corrected chi connectivity index (χ4v) is 5.59. The van der Waals surface area contributed by atoms with Crippen LogP contribution in [0.1, 0.15) is 36.9 Å². The number of carbonyl (C=O) groups excluding carboxylic acids is 2. The summed E-state index contributed by atoms with van der Waals surface area (Å²) in [5.74, 6) is -1.52. The molecule has 8 heteroatoms. The van der Waals surface area contributed by atoms with Crippen molar-refractivity contribution in [3.63, 3.8) is 0 Å². The van der Waals surface area contributed by atoms with Gasteiger partial charge in [-0.2, -0.15) is 0 Å². The lowest BCUT2D eigenvalue weighted by Crippen LogP contribution is -2.30. The maximum Gasteiger partial charge on any atom is 0.294 e. The van der Waals surface area contributed by atoms with Crippen molar-refractivity contribution < 1.29 is 14.7 Å². The SMILES string of the molecule is Cc1nc(C)c(C(=O)C2=C(O)C(=O)N(c3cccc(Cl)c3)C2c2sccc2C)s1. The number of aliphatic hydroxyl groups is 1. The van der Waals surface area contributed by atoms with Gasteiger partial charge in [0.15, 0.2) is 5.76 Å². The monoisotopic (exact) mass is 444 g/mol. The molecular formula is C21H17ClN2O3S2. The molecule has 3 heterocycles. The maximum atomic E-state index is 13.5. The molecule has 29 heavy (non-hydrogen) atoms. The molecule has 1 atom stereocenters. The van der Waals surface area contributed by atoms with Gasteiger partial charge in [-0.1, -0.05) is 17.7 Å². The molecule has 0 saturated carbocycles. The molecule has 0 saturated heterocycles. The fraction of sp³-hybridized carbons (Fsp3) is 0.190. The van der Waals surface area contributed by atoms with Crippen LogP contribution in [0.3, 0.4) is 0 Å². The van der Waals surface area contributed by atoms with Crippen molar-refractivity contribution in [1.29, 1.82) is 0 Å². The highest BCUT2D eigenvalue weighted by Gasteiger charge is 2.46. The first kappa shape index (κ1) is 19.8. The summed E-state index contributed by atoms with van der Waals surface area (Å²) in [6, 6.07) is 8.03. The summed E-state index contributed by atoms with van der Waals surface area (Å²) in [4.78, 5) is 33.6. The van der Waals surface area contributed by atoms with Crippen LogP contribution in [-0.2, 0) is 4.79 Å². The zero-order valence-corrected chi connectivity index (χ0v) is 18.3. The van der Waals surface area contributed by atoms with Crippen molar-refractivity contribution in [2.75, 3.05) is 4.90 Å². The summed E-state index contributed by atoms with van der Waals surface area (Å²) >= 11 is 8.85. The van der Waals surface area contributed by atoms with Crippen LogP contribution in [-0.4, -0.2) is 21.8 Å². The van der Waals surface area contributed by atoms with Crippen molar-refractivity contribution in [2.45, 2.75) is 26.8 Å². The average Bonchev–Trinajstić information content (AvgIpc) is 3.31. The lowest BCUT2D eigenvalue weighted by atomic mass is 9.98. The second kappa shape index (κ2) is 7.40. The Kier molecular flexibility index (Phi) is 5.06. The normalized spacial score (nSPS) is 16.8. The molecule has 3 aromatic rings. The van der Waals surface area contributed by atoms with Crippen LogP contribution >= 0.6 is 34.3 Å². The topological polar surface area (TPSA) is 70.5 Å². The summed E-state index contributed by atoms with van der Waals surface area (Å²) < 4.78 is 0. The van der Waals surface area contributed by atoms with Gasteiger partial charge in [-0.3, -0.25) is 14.5 Å². The quantitative estimate of drug-likeness (QED) is 0.534. The van der Waals surface area contributed by atoms with Gasteiger partial charge in [-0.05, 0) is 56.0 Å². The number of aliphatic hydroxyl groups excluding tert-OH is 1. The van der Waals surface area contributed by atoms with Gasteiger partial charge >= 0.3 is 0 Å². The number of thiazole rings is 1. The molecule has 0 spiro atoms. The molecule has 1 N–H and O–H groups in total. The maximum absolute atomic E-state index is 13.5. The predicted octanol–water partition coefficient (Wildman–Crippen LogP) is 5.57. The van der Waals surface area contributed by atoms with Gasteiger partial charge in [0.05, 0.1) is 21.2 Å². The Morgan fingerprint density at radius 3 is 2.59 bits per heavy atom. The first-order valence-corrected chi connectivity index (χ1v) is 10.9. The van der Waals surface area contributed by atoms with Crippen molar-refractivity contribution in [1.82, 2.24) is 4.98 Å². The van der Waals surface area contributed by atoms with E-state index in [2.05, 4.69) is 4.98 Å². The van der Waals surface area contributed by atoms with E-state index >= 15 is 0 Å². The van der Waals surface area contributed by atoms with Gasteiger partial charge in [-0.25, -0.2) is 4.98 Å². The number of hydrogen-bond donors (Lipinski definition) is 1. The first-order valence-electron chi connectivity index (χ1n) is 8.84. The number of ketones is 1. The second-order valence-corrected chi connectivity index (χ2v) is 9.35. The first-order chi connectivity index (χ1) is 13.8. The average molecular weight is 445 g/mol. The molecule has 4 rings (SSSR count). The lowest BCUT2D eigenvalue weighted by Gasteiger charge is -2.26. The summed E-state index contributed by atoms with van der Waals surface area (Å²) in [5, 5.41) is 13.9. The number of halogens is 1. The van der Waals surface area contributed by atoms with Crippen LogP contribution in [0.5, 0.6) is 0 Å². The molecule has 0 radical (unpaired) electrons. The summed E-state index contributed by atoms with van der Waals surface area (Å²) in [6.45, 7) is 5.50. The van der Waals surface area contributed by atoms with Crippen molar-refractivity contribution in [2.24, 2.45) is 0 Å². The van der Waals surface area contributed by atoms with E-state index in [1.54, 1.807) is 31.2 Å². The molecule has 5 nitrogen and oxygen atoms in total. The Hall–Kier alpha value is -2.48. The van der Waals surface area contributed by atoms with Crippen LogP contribution in [0.4, 0.5) is 5.69 Å². The molecular weight excluding hydrogens is 428 g/mol. The third-order valence-corrected chi connectivity index (χ3v) is 7.18. The van der Waals surface area contributed by atoms with Gasteiger partial charge in [0.2, 0.25) is 5.78 Å². The van der Waals surface area contributed by atoms with Crippen molar-refractivity contribution in [3.8, 4) is 0 Å². The fourth-order valence-electron chi connectivity index (χ4n) is 3.51. The van der Waals surface area contributed by atoms with E-state index in [9.17, 15) is 14.7 Å². The van der Waals surface area contributed by atoms with Crippen molar-refractivity contribution in [3.05, 3.63) is 78.1 Å². The Labute approximate surface area is 180 Å². The van der Waals surface area contributed by atoms with Gasteiger partial charge < -0.3 is 5.11 Å². The van der Waals surface area contributed by atoms with Gasteiger partial charge in [-0.15, -0.1) is 22.7 Å². The van der Waals surface area contributed by atoms with E-state index in [0.717, 1.165) is 15.4 Å². The number of carbonyl (C=O) groups is 2. The van der Waals surface area contributed by atoms with Crippen LogP contribution in [0.2, 0.25) is 5.02 Å². The molecule has 1 aromatic carbocycles. The molecule has 0 aliphatic carbocycles. The minimum absolute atomic E-state index is 0.0762. The number of nitrogens with zero attached hydrogens (tertiary/aromatic N) is 2. The summed E-state index contributed by atoms with van der Waals surface area (Å²) in [7, 11) is 0. The number of amides is 1. The Morgan fingerprint density at radius 1 is 1.24 bits per heavy atom. The third kappa shape index (κ3) is 3.29. The van der Waals surface area contributed by atoms with E-state index < -0.39 is 17.7 Å². The van der Waals surface area contributed by atoms with E-state index in [4.69, 9.17) is 11.6 Å². The Bertz CT molecular complexity index is 1180. The highest BCUT2D eigenvalue weighted by Crippen LogP contribution is 2.45. The number of hydrogen-bond acceptors (Lipinski definition) is 6. The number of Topliss-reactive ketones (excluding diaryl/α,β-unsaturated/α-hetero) is 1. The zero-order chi connectivity index (χ0) is 20.9. The van der Waals surface area contributed by atoms with Crippen molar-refractivity contribution >= 4 is 51.7 Å². The highest BCUT2D eigenvalue weighted by molar-refractivity contribution is 7.14. The van der Waals surface area contributed by atoms with Gasteiger partial charge in [0.1, 0.15) is 6.04 Å². The van der Waals surface area contributed by atoms with Gasteiger partial charge in [0.25, 0.3) is 5.91 Å². The largest absolute Gasteiger partial charge is 0.503 e. The molecule has 1 unspecified atom stereocenters. The van der Waals surface area contributed by atoms with Crippen LogP contribution < -0.4 is 4.90 Å². The number of benzene rings is 1.